The topological polar surface area (TPSA) is 76.7 Å². The fourth-order valence-electron chi connectivity index (χ4n) is 2.65. The lowest BCUT2D eigenvalue weighted by molar-refractivity contribution is 0.0843. The Hall–Kier alpha value is -3.54. The minimum absolute atomic E-state index is 0.205. The van der Waals surface area contributed by atoms with E-state index in [1.807, 2.05) is 30.3 Å². The SMILES string of the molecule is COc1cccc(OC)c1C(=O)NNC(=O)c1ccc2ccccc2c1. The average Bonchev–Trinajstić information content (AvgIpc) is 2.70. The molecule has 2 N–H and O–H groups in total. The smallest absolute Gasteiger partial charge is 0.277 e. The van der Waals surface area contributed by atoms with Gasteiger partial charge in [-0.25, -0.2) is 0 Å². The largest absolute Gasteiger partial charge is 0.496 e. The minimum atomic E-state index is -0.534. The van der Waals surface area contributed by atoms with Crippen LogP contribution in [-0.2, 0) is 0 Å². The Balaban J connectivity index is 1.76. The van der Waals surface area contributed by atoms with Gasteiger partial charge in [0, 0.05) is 5.56 Å². The molecule has 0 saturated carbocycles. The van der Waals surface area contributed by atoms with Crippen LogP contribution in [0.15, 0.2) is 60.7 Å². The lowest BCUT2D eigenvalue weighted by Gasteiger charge is -2.13. The number of rotatable bonds is 4. The second-order valence-corrected chi connectivity index (χ2v) is 5.51. The van der Waals surface area contributed by atoms with E-state index in [1.165, 1.54) is 14.2 Å². The summed E-state index contributed by atoms with van der Waals surface area (Å²) < 4.78 is 10.4. The minimum Gasteiger partial charge on any atom is -0.496 e. The fourth-order valence-corrected chi connectivity index (χ4v) is 2.65. The molecule has 0 saturated heterocycles. The van der Waals surface area contributed by atoms with Crippen LogP contribution in [-0.4, -0.2) is 26.0 Å². The molecule has 6 heteroatoms. The van der Waals surface area contributed by atoms with Crippen LogP contribution < -0.4 is 20.3 Å². The van der Waals surface area contributed by atoms with Crippen molar-refractivity contribution in [2.45, 2.75) is 0 Å². The highest BCUT2D eigenvalue weighted by Gasteiger charge is 2.19. The van der Waals surface area contributed by atoms with Crippen molar-refractivity contribution in [3.63, 3.8) is 0 Å². The number of amides is 2. The monoisotopic (exact) mass is 350 g/mol. The Kier molecular flexibility index (Phi) is 5.03. The highest BCUT2D eigenvalue weighted by molar-refractivity contribution is 6.03. The van der Waals surface area contributed by atoms with E-state index in [9.17, 15) is 9.59 Å². The zero-order chi connectivity index (χ0) is 18.5. The van der Waals surface area contributed by atoms with E-state index in [0.717, 1.165) is 10.8 Å². The van der Waals surface area contributed by atoms with E-state index in [4.69, 9.17) is 9.47 Å². The van der Waals surface area contributed by atoms with Crippen LogP contribution in [0.2, 0.25) is 0 Å². The molecule has 3 aromatic carbocycles. The van der Waals surface area contributed by atoms with Gasteiger partial charge in [-0.15, -0.1) is 0 Å². The maximum atomic E-state index is 12.5. The van der Waals surface area contributed by atoms with Crippen molar-refractivity contribution in [2.75, 3.05) is 14.2 Å². The van der Waals surface area contributed by atoms with E-state index in [-0.39, 0.29) is 5.56 Å². The summed E-state index contributed by atoms with van der Waals surface area (Å²) in [4.78, 5) is 24.8. The van der Waals surface area contributed by atoms with Crippen LogP contribution >= 0.6 is 0 Å². The van der Waals surface area contributed by atoms with Crippen LogP contribution in [0.4, 0.5) is 0 Å². The zero-order valence-corrected chi connectivity index (χ0v) is 14.4. The number of benzene rings is 3. The number of fused-ring (bicyclic) bond motifs is 1. The van der Waals surface area contributed by atoms with Gasteiger partial charge in [-0.3, -0.25) is 20.4 Å². The standard InChI is InChI=1S/C20H18N2O4/c1-25-16-8-5-9-17(26-2)18(16)20(24)22-21-19(23)15-11-10-13-6-3-4-7-14(13)12-15/h3-12H,1-2H3,(H,21,23)(H,22,24). The molecule has 0 aromatic heterocycles. The molecule has 0 bridgehead atoms. The molecule has 0 atom stereocenters. The number of carbonyl (C=O) groups is 2. The van der Waals surface area contributed by atoms with Crippen molar-refractivity contribution in [3.05, 3.63) is 71.8 Å². The number of carbonyl (C=O) groups excluding carboxylic acids is 2. The van der Waals surface area contributed by atoms with Crippen LogP contribution in [0, 0.1) is 0 Å². The Morgan fingerprint density at radius 3 is 2.00 bits per heavy atom. The molecule has 0 aliphatic heterocycles. The third-order valence-corrected chi connectivity index (χ3v) is 3.96. The summed E-state index contributed by atoms with van der Waals surface area (Å²) in [6.45, 7) is 0. The van der Waals surface area contributed by atoms with Gasteiger partial charge in [0.15, 0.2) is 0 Å². The van der Waals surface area contributed by atoms with Gasteiger partial charge >= 0.3 is 0 Å². The second-order valence-electron chi connectivity index (χ2n) is 5.51. The van der Waals surface area contributed by atoms with Crippen LogP contribution in [0.25, 0.3) is 10.8 Å². The molecular formula is C20H18N2O4. The molecule has 2 amide bonds. The molecule has 0 radical (unpaired) electrons. The number of ether oxygens (including phenoxy) is 2. The van der Waals surface area contributed by atoms with E-state index >= 15 is 0 Å². The van der Waals surface area contributed by atoms with E-state index in [2.05, 4.69) is 10.9 Å². The predicted octanol–water partition coefficient (Wildman–Crippen LogP) is 2.93. The van der Waals surface area contributed by atoms with Crippen molar-refractivity contribution in [3.8, 4) is 11.5 Å². The molecule has 3 rings (SSSR count). The number of hydrazine groups is 1. The first-order valence-corrected chi connectivity index (χ1v) is 7.94. The summed E-state index contributed by atoms with van der Waals surface area (Å²) in [6, 6.07) is 18.0. The fraction of sp³-hybridized carbons (Fsp3) is 0.100. The third kappa shape index (κ3) is 3.44. The van der Waals surface area contributed by atoms with Crippen molar-refractivity contribution < 1.29 is 19.1 Å². The van der Waals surface area contributed by atoms with Crippen LogP contribution in [0.5, 0.6) is 11.5 Å². The first-order valence-electron chi connectivity index (χ1n) is 7.94. The van der Waals surface area contributed by atoms with Crippen LogP contribution in [0.3, 0.4) is 0 Å². The lowest BCUT2D eigenvalue weighted by Crippen LogP contribution is -2.41. The maximum absolute atomic E-state index is 12.5. The quantitative estimate of drug-likeness (QED) is 0.710. The van der Waals surface area contributed by atoms with Gasteiger partial charge in [0.25, 0.3) is 11.8 Å². The molecule has 0 unspecified atom stereocenters. The Morgan fingerprint density at radius 1 is 0.731 bits per heavy atom. The van der Waals surface area contributed by atoms with Crippen LogP contribution in [0.1, 0.15) is 20.7 Å². The van der Waals surface area contributed by atoms with Gasteiger partial charge in [-0.05, 0) is 35.0 Å². The van der Waals surface area contributed by atoms with Crippen molar-refractivity contribution in [1.82, 2.24) is 10.9 Å². The molecule has 26 heavy (non-hydrogen) atoms. The molecule has 0 aliphatic carbocycles. The highest BCUT2D eigenvalue weighted by atomic mass is 16.5. The molecule has 132 valence electrons. The zero-order valence-electron chi connectivity index (χ0n) is 14.4. The maximum Gasteiger partial charge on any atom is 0.277 e. The molecule has 0 spiro atoms. The summed E-state index contributed by atoms with van der Waals surface area (Å²) in [5, 5.41) is 1.98. The number of hydrogen-bond acceptors (Lipinski definition) is 4. The number of nitrogens with one attached hydrogen (secondary N) is 2. The average molecular weight is 350 g/mol. The molecular weight excluding hydrogens is 332 g/mol. The first-order chi connectivity index (χ1) is 12.6. The second kappa shape index (κ2) is 7.57. The molecule has 0 aliphatic rings. The normalized spacial score (nSPS) is 10.2. The summed E-state index contributed by atoms with van der Waals surface area (Å²) in [7, 11) is 2.92. The Bertz CT molecular complexity index is 947. The molecule has 3 aromatic rings. The summed E-state index contributed by atoms with van der Waals surface area (Å²) in [6.07, 6.45) is 0. The third-order valence-electron chi connectivity index (χ3n) is 3.96. The number of methoxy groups -OCH3 is 2. The van der Waals surface area contributed by atoms with E-state index in [0.29, 0.717) is 17.1 Å². The lowest BCUT2D eigenvalue weighted by atomic mass is 10.1. The van der Waals surface area contributed by atoms with Gasteiger partial charge in [-0.1, -0.05) is 36.4 Å². The molecule has 0 fully saturated rings. The predicted molar refractivity (Wildman–Crippen MR) is 98.4 cm³/mol. The molecule has 6 nitrogen and oxygen atoms in total. The van der Waals surface area contributed by atoms with E-state index < -0.39 is 11.8 Å². The number of hydrogen-bond donors (Lipinski definition) is 2. The van der Waals surface area contributed by atoms with Gasteiger partial charge in [0.05, 0.1) is 14.2 Å². The van der Waals surface area contributed by atoms with Crippen molar-refractivity contribution in [1.29, 1.82) is 0 Å². The Morgan fingerprint density at radius 2 is 1.35 bits per heavy atom. The van der Waals surface area contributed by atoms with Crippen molar-refractivity contribution >= 4 is 22.6 Å². The summed E-state index contributed by atoms with van der Waals surface area (Å²) >= 11 is 0. The van der Waals surface area contributed by atoms with Crippen molar-refractivity contribution in [2.24, 2.45) is 0 Å². The van der Waals surface area contributed by atoms with Gasteiger partial charge in [-0.2, -0.15) is 0 Å². The van der Waals surface area contributed by atoms with Gasteiger partial charge in [0.1, 0.15) is 17.1 Å². The first kappa shape index (κ1) is 17.3. The molecule has 0 heterocycles. The Labute approximate surface area is 150 Å². The van der Waals surface area contributed by atoms with Gasteiger partial charge in [0.2, 0.25) is 0 Å². The summed E-state index contributed by atoms with van der Waals surface area (Å²) in [5.74, 6) is -0.255. The van der Waals surface area contributed by atoms with E-state index in [1.54, 1.807) is 30.3 Å². The highest BCUT2D eigenvalue weighted by Crippen LogP contribution is 2.27. The summed E-state index contributed by atoms with van der Waals surface area (Å²) in [5.41, 5.74) is 5.46. The van der Waals surface area contributed by atoms with Gasteiger partial charge < -0.3 is 9.47 Å².